The number of hydrogen-bond acceptors (Lipinski definition) is 6. The van der Waals surface area contributed by atoms with Gasteiger partial charge in [0.1, 0.15) is 11.5 Å². The van der Waals surface area contributed by atoms with Gasteiger partial charge in [0.15, 0.2) is 0 Å². The third kappa shape index (κ3) is 8.83. The number of ether oxygens (including phenoxy) is 1. The molecule has 1 aromatic heterocycles. The quantitative estimate of drug-likeness (QED) is 0.613. The van der Waals surface area contributed by atoms with Crippen LogP contribution in [0.1, 0.15) is 11.5 Å². The first kappa shape index (κ1) is 25.4. The number of thioether (sulfide) groups is 1. The number of amides is 2. The zero-order valence-corrected chi connectivity index (χ0v) is 17.8. The summed E-state index contributed by atoms with van der Waals surface area (Å²) in [4.78, 5) is 15.9. The Morgan fingerprint density at radius 2 is 2.12 bits per heavy atom. The maximum atomic E-state index is 12.1. The van der Waals surface area contributed by atoms with Crippen molar-refractivity contribution in [1.82, 2.24) is 15.1 Å². The van der Waals surface area contributed by atoms with Crippen LogP contribution < -0.4 is 11.1 Å². The van der Waals surface area contributed by atoms with Gasteiger partial charge in [0.2, 0.25) is 0 Å². The third-order valence-electron chi connectivity index (χ3n) is 3.65. The summed E-state index contributed by atoms with van der Waals surface area (Å²) in [6.45, 7) is 3.63. The van der Waals surface area contributed by atoms with E-state index in [1.54, 1.807) is 16.7 Å². The molecule has 1 saturated heterocycles. The Morgan fingerprint density at radius 1 is 1.38 bits per heavy atom. The molecule has 0 spiro atoms. The van der Waals surface area contributed by atoms with Crippen LogP contribution in [0.15, 0.2) is 16.5 Å². The van der Waals surface area contributed by atoms with E-state index in [9.17, 15) is 4.79 Å². The second-order valence-electron chi connectivity index (χ2n) is 6.06. The SMILES string of the molecule is CN(C)Cc1ccc(CSCCNC(=O)N2CCOC(CN)C2)o1.Cl.Cl. The molecule has 1 fully saturated rings. The highest BCUT2D eigenvalue weighted by Crippen LogP contribution is 2.16. The number of urea groups is 1. The topological polar surface area (TPSA) is 84.0 Å². The van der Waals surface area contributed by atoms with Crippen LogP contribution in [0, 0.1) is 0 Å². The number of morpholine rings is 1. The molecule has 1 aliphatic heterocycles. The zero-order chi connectivity index (χ0) is 17.4. The number of nitrogens with zero attached hydrogens (tertiary/aromatic N) is 2. The molecule has 0 saturated carbocycles. The molecule has 0 aromatic carbocycles. The van der Waals surface area contributed by atoms with Gasteiger partial charge in [-0.2, -0.15) is 11.8 Å². The van der Waals surface area contributed by atoms with E-state index in [2.05, 4.69) is 10.2 Å². The van der Waals surface area contributed by atoms with Gasteiger partial charge in [-0.15, -0.1) is 24.8 Å². The molecule has 1 atom stereocenters. The normalized spacial score (nSPS) is 16.8. The monoisotopic (exact) mass is 428 g/mol. The Kier molecular flexibility index (Phi) is 13.2. The molecule has 2 amide bonds. The van der Waals surface area contributed by atoms with E-state index in [1.807, 2.05) is 26.2 Å². The summed E-state index contributed by atoms with van der Waals surface area (Å²) in [7, 11) is 4.04. The van der Waals surface area contributed by atoms with Crippen molar-refractivity contribution in [2.24, 2.45) is 5.73 Å². The van der Waals surface area contributed by atoms with Crippen molar-refractivity contribution in [1.29, 1.82) is 0 Å². The number of nitrogens with two attached hydrogens (primary N) is 1. The molecule has 3 N–H and O–H groups in total. The highest BCUT2D eigenvalue weighted by Gasteiger charge is 2.22. The molecule has 0 radical (unpaired) electrons. The van der Waals surface area contributed by atoms with Crippen molar-refractivity contribution in [3.63, 3.8) is 0 Å². The van der Waals surface area contributed by atoms with Gasteiger partial charge in [-0.1, -0.05) is 0 Å². The minimum Gasteiger partial charge on any atom is -0.464 e. The first-order valence-electron chi connectivity index (χ1n) is 8.23. The van der Waals surface area contributed by atoms with E-state index < -0.39 is 0 Å². The second-order valence-corrected chi connectivity index (χ2v) is 7.17. The zero-order valence-electron chi connectivity index (χ0n) is 15.3. The molecule has 26 heavy (non-hydrogen) atoms. The molecule has 1 unspecified atom stereocenters. The third-order valence-corrected chi connectivity index (χ3v) is 4.63. The minimum atomic E-state index is -0.0470. The molecule has 0 aliphatic carbocycles. The molecular weight excluding hydrogens is 399 g/mol. The maximum absolute atomic E-state index is 12.1. The average molecular weight is 429 g/mol. The van der Waals surface area contributed by atoms with Crippen LogP contribution in [0.25, 0.3) is 0 Å². The van der Waals surface area contributed by atoms with Crippen LogP contribution in [0.4, 0.5) is 4.79 Å². The van der Waals surface area contributed by atoms with E-state index in [0.29, 0.717) is 32.8 Å². The lowest BCUT2D eigenvalue weighted by Gasteiger charge is -2.32. The fourth-order valence-corrected chi connectivity index (χ4v) is 3.20. The van der Waals surface area contributed by atoms with Gasteiger partial charge in [-0.05, 0) is 26.2 Å². The Labute approximate surface area is 172 Å². The fraction of sp³-hybridized carbons (Fsp3) is 0.688. The van der Waals surface area contributed by atoms with E-state index in [1.165, 1.54) is 0 Å². The summed E-state index contributed by atoms with van der Waals surface area (Å²) < 4.78 is 11.2. The number of nitrogens with one attached hydrogen (secondary N) is 1. The summed E-state index contributed by atoms with van der Waals surface area (Å²) in [6, 6.07) is 4.00. The van der Waals surface area contributed by atoms with Crippen LogP contribution in [-0.4, -0.2) is 74.6 Å². The lowest BCUT2D eigenvalue weighted by Crippen LogP contribution is -2.51. The highest BCUT2D eigenvalue weighted by atomic mass is 35.5. The largest absolute Gasteiger partial charge is 0.464 e. The lowest BCUT2D eigenvalue weighted by molar-refractivity contribution is -0.00850. The van der Waals surface area contributed by atoms with Crippen LogP contribution >= 0.6 is 36.6 Å². The minimum absolute atomic E-state index is 0. The molecule has 0 bridgehead atoms. The molecule has 1 aromatic rings. The maximum Gasteiger partial charge on any atom is 0.317 e. The Bertz CT molecular complexity index is 519. The van der Waals surface area contributed by atoms with Crippen molar-refractivity contribution in [2.45, 2.75) is 18.4 Å². The smallest absolute Gasteiger partial charge is 0.317 e. The number of halogens is 2. The Hall–Kier alpha value is -0.640. The average Bonchev–Trinajstić information content (AvgIpc) is 3.01. The molecule has 10 heteroatoms. The van der Waals surface area contributed by atoms with E-state index in [0.717, 1.165) is 29.6 Å². The number of hydrogen-bond donors (Lipinski definition) is 2. The van der Waals surface area contributed by atoms with Gasteiger partial charge in [-0.25, -0.2) is 4.79 Å². The number of furan rings is 1. The molecule has 2 heterocycles. The van der Waals surface area contributed by atoms with Crippen LogP contribution in [0.3, 0.4) is 0 Å². The van der Waals surface area contributed by atoms with Crippen molar-refractivity contribution in [3.05, 3.63) is 23.7 Å². The van der Waals surface area contributed by atoms with E-state index in [-0.39, 0.29) is 36.9 Å². The summed E-state index contributed by atoms with van der Waals surface area (Å²) in [6.07, 6.45) is -0.0470. The summed E-state index contributed by atoms with van der Waals surface area (Å²) in [5, 5.41) is 2.95. The summed E-state index contributed by atoms with van der Waals surface area (Å²) in [5.74, 6) is 3.61. The highest BCUT2D eigenvalue weighted by molar-refractivity contribution is 7.98. The second kappa shape index (κ2) is 13.5. The Morgan fingerprint density at radius 3 is 2.81 bits per heavy atom. The van der Waals surface area contributed by atoms with Crippen LogP contribution in [0.2, 0.25) is 0 Å². The summed E-state index contributed by atoms with van der Waals surface area (Å²) >= 11 is 1.75. The predicted octanol–water partition coefficient (Wildman–Crippen LogP) is 1.79. The predicted molar refractivity (Wildman–Crippen MR) is 111 cm³/mol. The first-order chi connectivity index (χ1) is 11.6. The molecule has 2 rings (SSSR count). The molecule has 1 aliphatic rings. The molecule has 152 valence electrons. The molecular formula is C16H30Cl2N4O3S. The molecule has 7 nitrogen and oxygen atoms in total. The van der Waals surface area contributed by atoms with Crippen molar-refractivity contribution in [3.8, 4) is 0 Å². The fourth-order valence-electron chi connectivity index (χ4n) is 2.46. The standard InChI is InChI=1S/C16H28N4O3S.2ClH/c1-19(2)10-13-3-4-14(23-13)12-24-8-5-18-16(21)20-6-7-22-15(9-17)11-20;;/h3-4,15H,5-12,17H2,1-2H3,(H,18,21);2*1H. The van der Waals surface area contributed by atoms with Gasteiger partial charge in [-0.3, -0.25) is 0 Å². The number of carbonyl (C=O) groups excluding carboxylic acids is 1. The lowest BCUT2D eigenvalue weighted by atomic mass is 10.3. The number of carbonyl (C=O) groups is 1. The van der Waals surface area contributed by atoms with Crippen LogP contribution in [0.5, 0.6) is 0 Å². The van der Waals surface area contributed by atoms with E-state index in [4.69, 9.17) is 14.9 Å². The van der Waals surface area contributed by atoms with Gasteiger partial charge in [0, 0.05) is 31.9 Å². The van der Waals surface area contributed by atoms with Gasteiger partial charge < -0.3 is 30.0 Å². The van der Waals surface area contributed by atoms with Gasteiger partial charge in [0.25, 0.3) is 0 Å². The first-order valence-corrected chi connectivity index (χ1v) is 9.38. The van der Waals surface area contributed by atoms with Gasteiger partial charge in [0.05, 0.1) is 25.0 Å². The van der Waals surface area contributed by atoms with Crippen LogP contribution in [-0.2, 0) is 17.0 Å². The van der Waals surface area contributed by atoms with Crippen molar-refractivity contribution < 1.29 is 13.9 Å². The van der Waals surface area contributed by atoms with Crippen molar-refractivity contribution in [2.75, 3.05) is 52.6 Å². The number of rotatable bonds is 8. The van der Waals surface area contributed by atoms with E-state index >= 15 is 0 Å². The van der Waals surface area contributed by atoms with Crippen molar-refractivity contribution >= 4 is 42.6 Å². The summed E-state index contributed by atoms with van der Waals surface area (Å²) in [5.41, 5.74) is 5.59. The van der Waals surface area contributed by atoms with Gasteiger partial charge >= 0.3 is 6.03 Å². The Balaban J connectivity index is 0.00000312.